The van der Waals surface area contributed by atoms with Gasteiger partial charge in [-0.05, 0) is 24.3 Å². The molecule has 9 heteroatoms. The van der Waals surface area contributed by atoms with Gasteiger partial charge in [0.05, 0.1) is 33.5 Å². The molecule has 3 N–H and O–H groups in total. The minimum absolute atomic E-state index is 0.00950. The number of aromatic hydroxyl groups is 2. The zero-order chi connectivity index (χ0) is 21.7. The fourth-order valence-corrected chi connectivity index (χ4v) is 3.31. The lowest BCUT2D eigenvalue weighted by atomic mass is 9.82. The van der Waals surface area contributed by atoms with E-state index in [-0.39, 0.29) is 11.3 Å². The van der Waals surface area contributed by atoms with E-state index < -0.39 is 68.5 Å². The fourth-order valence-electron chi connectivity index (χ4n) is 3.31. The molecule has 0 aromatic heterocycles. The first-order valence-corrected chi connectivity index (χ1v) is 8.38. The van der Waals surface area contributed by atoms with Crippen molar-refractivity contribution in [2.45, 2.75) is 0 Å². The van der Waals surface area contributed by atoms with E-state index in [2.05, 4.69) is 5.32 Å². The van der Waals surface area contributed by atoms with Gasteiger partial charge < -0.3 is 15.5 Å². The van der Waals surface area contributed by atoms with Crippen LogP contribution in [0.1, 0.15) is 37.4 Å². The van der Waals surface area contributed by atoms with Gasteiger partial charge in [0.1, 0.15) is 23.3 Å². The predicted octanol–water partition coefficient (Wildman–Crippen LogP) is 3.91. The first kappa shape index (κ1) is 19.0. The first-order chi connectivity index (χ1) is 14.3. The number of anilines is 2. The Labute approximate surface area is 166 Å². The van der Waals surface area contributed by atoms with E-state index in [4.69, 9.17) is 5.26 Å². The summed E-state index contributed by atoms with van der Waals surface area (Å²) >= 11 is 0. The number of nitrogens with zero attached hydrogens (tertiary/aromatic N) is 1. The second-order valence-corrected chi connectivity index (χ2v) is 6.36. The third-order valence-corrected chi connectivity index (χ3v) is 4.70. The molecule has 4 rings (SSSR count). The number of hydrogen-bond acceptors (Lipinski definition) is 6. The monoisotopic (exact) mass is 410 g/mol. The second kappa shape index (κ2) is 6.63. The largest absolute Gasteiger partial charge is 0.507 e. The Bertz CT molecular complexity index is 1330. The number of ketones is 2. The molecule has 0 unspecified atom stereocenters. The van der Waals surface area contributed by atoms with Crippen LogP contribution in [0.15, 0.2) is 36.4 Å². The summed E-state index contributed by atoms with van der Waals surface area (Å²) in [4.78, 5) is 25.5. The third kappa shape index (κ3) is 2.51. The van der Waals surface area contributed by atoms with Crippen molar-refractivity contribution in [3.05, 3.63) is 81.7 Å². The molecule has 0 radical (unpaired) electrons. The van der Waals surface area contributed by atoms with Gasteiger partial charge in [0.2, 0.25) is 11.6 Å². The highest BCUT2D eigenvalue weighted by molar-refractivity contribution is 6.30. The Hall–Kier alpha value is -4.32. The van der Waals surface area contributed by atoms with Crippen LogP contribution < -0.4 is 5.32 Å². The molecule has 1 aliphatic carbocycles. The van der Waals surface area contributed by atoms with Gasteiger partial charge in [0, 0.05) is 0 Å². The second-order valence-electron chi connectivity index (χ2n) is 6.36. The van der Waals surface area contributed by atoms with Gasteiger partial charge in [-0.25, -0.2) is 13.2 Å². The summed E-state index contributed by atoms with van der Waals surface area (Å²) in [6, 6.07) is 9.20. The van der Waals surface area contributed by atoms with Crippen molar-refractivity contribution in [3.63, 3.8) is 0 Å². The number of phenols is 2. The molecule has 0 amide bonds. The van der Waals surface area contributed by atoms with Crippen LogP contribution in [0.25, 0.3) is 0 Å². The molecule has 0 saturated carbocycles. The number of phenolic OH excluding ortho intramolecular Hbond substituents is 2. The quantitative estimate of drug-likeness (QED) is 0.341. The number of nitriles is 1. The number of halogens is 3. The van der Waals surface area contributed by atoms with Crippen molar-refractivity contribution in [2.75, 3.05) is 5.32 Å². The molecule has 0 aliphatic heterocycles. The molecule has 1 aliphatic rings. The third-order valence-electron chi connectivity index (χ3n) is 4.70. The van der Waals surface area contributed by atoms with E-state index in [1.165, 1.54) is 24.3 Å². The summed E-state index contributed by atoms with van der Waals surface area (Å²) < 4.78 is 44.7. The molecule has 148 valence electrons. The molecule has 0 fully saturated rings. The van der Waals surface area contributed by atoms with E-state index in [0.29, 0.717) is 0 Å². The Kier molecular flexibility index (Phi) is 4.20. The minimum atomic E-state index is -1.81. The molecule has 0 saturated heterocycles. The number of carbonyl (C=O) groups is 2. The van der Waals surface area contributed by atoms with E-state index in [9.17, 15) is 28.6 Å². The lowest BCUT2D eigenvalue weighted by molar-refractivity contribution is 0.0966. The van der Waals surface area contributed by atoms with Gasteiger partial charge in [-0.15, -0.1) is 0 Å². The van der Waals surface area contributed by atoms with Gasteiger partial charge in [-0.3, -0.25) is 9.59 Å². The molecular weight excluding hydrogens is 401 g/mol. The van der Waals surface area contributed by atoms with Gasteiger partial charge in [-0.2, -0.15) is 5.26 Å². The molecular formula is C21H9F3N2O4. The van der Waals surface area contributed by atoms with Crippen molar-refractivity contribution in [1.29, 1.82) is 5.26 Å². The van der Waals surface area contributed by atoms with Crippen molar-refractivity contribution in [1.82, 2.24) is 0 Å². The number of benzene rings is 3. The SMILES string of the molecule is N#Cc1ccccc1Nc1c(F)c(F)c2c(c1F)C(=O)c1c(O)ccc(O)c1C2=O. The maximum Gasteiger partial charge on any atom is 0.201 e. The average molecular weight is 410 g/mol. The van der Waals surface area contributed by atoms with Crippen molar-refractivity contribution >= 4 is 22.9 Å². The Morgan fingerprint density at radius 1 is 0.767 bits per heavy atom. The highest BCUT2D eigenvalue weighted by Crippen LogP contribution is 2.42. The number of hydrogen-bond donors (Lipinski definition) is 3. The highest BCUT2D eigenvalue weighted by atomic mass is 19.2. The lowest BCUT2D eigenvalue weighted by Crippen LogP contribution is -2.26. The van der Waals surface area contributed by atoms with E-state index >= 15 is 4.39 Å². The first-order valence-electron chi connectivity index (χ1n) is 8.38. The van der Waals surface area contributed by atoms with E-state index in [1.54, 1.807) is 6.07 Å². The number of fused-ring (bicyclic) bond motifs is 2. The van der Waals surface area contributed by atoms with Crippen LogP contribution in [-0.2, 0) is 0 Å². The topological polar surface area (TPSA) is 110 Å². The van der Waals surface area contributed by atoms with Crippen LogP contribution >= 0.6 is 0 Å². The van der Waals surface area contributed by atoms with Crippen LogP contribution in [0.4, 0.5) is 24.5 Å². The van der Waals surface area contributed by atoms with Crippen LogP contribution in [0.3, 0.4) is 0 Å². The van der Waals surface area contributed by atoms with Gasteiger partial charge in [0.15, 0.2) is 17.5 Å². The summed E-state index contributed by atoms with van der Waals surface area (Å²) in [6.07, 6.45) is 0. The zero-order valence-corrected chi connectivity index (χ0v) is 14.8. The Balaban J connectivity index is 1.99. The Morgan fingerprint density at radius 2 is 1.30 bits per heavy atom. The molecule has 3 aromatic carbocycles. The average Bonchev–Trinajstić information content (AvgIpc) is 2.73. The summed E-state index contributed by atoms with van der Waals surface area (Å²) in [6.45, 7) is 0. The highest BCUT2D eigenvalue weighted by Gasteiger charge is 2.41. The molecule has 30 heavy (non-hydrogen) atoms. The smallest absolute Gasteiger partial charge is 0.201 e. The van der Waals surface area contributed by atoms with Crippen LogP contribution in [0.5, 0.6) is 11.5 Å². The molecule has 0 spiro atoms. The number of para-hydroxylation sites is 1. The Morgan fingerprint density at radius 3 is 1.87 bits per heavy atom. The minimum Gasteiger partial charge on any atom is -0.507 e. The number of nitrogens with one attached hydrogen (secondary N) is 1. The summed E-state index contributed by atoms with van der Waals surface area (Å²) in [7, 11) is 0. The summed E-state index contributed by atoms with van der Waals surface area (Å²) in [5, 5.41) is 31.2. The molecule has 6 nitrogen and oxygen atoms in total. The summed E-state index contributed by atoms with van der Waals surface area (Å²) in [5.74, 6) is -9.33. The van der Waals surface area contributed by atoms with Crippen molar-refractivity contribution < 1.29 is 33.0 Å². The van der Waals surface area contributed by atoms with Gasteiger partial charge in [0.25, 0.3) is 0 Å². The maximum atomic E-state index is 15.2. The predicted molar refractivity (Wildman–Crippen MR) is 97.4 cm³/mol. The maximum absolute atomic E-state index is 15.2. The van der Waals surface area contributed by atoms with Crippen molar-refractivity contribution in [3.8, 4) is 17.6 Å². The van der Waals surface area contributed by atoms with Crippen molar-refractivity contribution in [2.24, 2.45) is 0 Å². The normalized spacial score (nSPS) is 12.2. The van der Waals surface area contributed by atoms with Crippen LogP contribution in [0.2, 0.25) is 0 Å². The standard InChI is InChI=1S/C21H9F3N2O4/c22-16-14-15(21(30)13-11(28)6-5-10(27)12(13)20(14)29)17(23)19(18(16)24)26-9-4-2-1-3-8(9)7-25/h1-6,26-28H. The molecule has 0 heterocycles. The van der Waals surface area contributed by atoms with Crippen LogP contribution in [0, 0.1) is 28.8 Å². The van der Waals surface area contributed by atoms with Crippen LogP contribution in [-0.4, -0.2) is 21.8 Å². The molecule has 3 aromatic rings. The molecule has 0 bridgehead atoms. The zero-order valence-electron chi connectivity index (χ0n) is 14.8. The summed E-state index contributed by atoms with van der Waals surface area (Å²) in [5.41, 5.74) is -4.91. The number of carbonyl (C=O) groups excluding carboxylic acids is 2. The van der Waals surface area contributed by atoms with E-state index in [0.717, 1.165) is 12.1 Å². The fraction of sp³-hybridized carbons (Fsp3) is 0. The van der Waals surface area contributed by atoms with E-state index in [1.807, 2.05) is 0 Å². The van der Waals surface area contributed by atoms with Gasteiger partial charge >= 0.3 is 0 Å². The molecule has 0 atom stereocenters. The van der Waals surface area contributed by atoms with Gasteiger partial charge in [-0.1, -0.05) is 12.1 Å². The lowest BCUT2D eigenvalue weighted by Gasteiger charge is -2.22. The number of rotatable bonds is 2.